The summed E-state index contributed by atoms with van der Waals surface area (Å²) in [6.07, 6.45) is 0. The van der Waals surface area contributed by atoms with Gasteiger partial charge in [-0.15, -0.1) is 0 Å². The molecule has 5 nitrogen and oxygen atoms in total. The number of aryl methyl sites for hydroxylation is 2. The standard InChI is InChI=1S/C21H25ClN2O3/c1-14-5-6-15(2)19(11-14)27-13-20(25)24(16(3)21(26)23-4)12-17-7-9-18(22)10-8-17/h5-11,16H,12-13H2,1-4H3,(H,23,26)/t16-/m0/s1. The zero-order valence-electron chi connectivity index (χ0n) is 16.1. The topological polar surface area (TPSA) is 58.6 Å². The minimum atomic E-state index is -0.625. The van der Waals surface area contributed by atoms with E-state index in [1.54, 1.807) is 26.1 Å². The molecule has 1 atom stereocenters. The lowest BCUT2D eigenvalue weighted by atomic mass is 10.1. The number of likely N-dealkylation sites (N-methyl/N-ethyl adjacent to an activating group) is 1. The Balaban J connectivity index is 2.15. The summed E-state index contributed by atoms with van der Waals surface area (Å²) in [6.45, 7) is 5.75. The lowest BCUT2D eigenvalue weighted by Crippen LogP contribution is -2.48. The van der Waals surface area contributed by atoms with E-state index >= 15 is 0 Å². The number of nitrogens with zero attached hydrogens (tertiary/aromatic N) is 1. The quantitative estimate of drug-likeness (QED) is 0.789. The van der Waals surface area contributed by atoms with Crippen molar-refractivity contribution in [2.75, 3.05) is 13.7 Å². The minimum absolute atomic E-state index is 0.140. The summed E-state index contributed by atoms with van der Waals surface area (Å²) in [6, 6.07) is 12.4. The van der Waals surface area contributed by atoms with Crippen LogP contribution in [-0.4, -0.2) is 36.4 Å². The van der Waals surface area contributed by atoms with Crippen LogP contribution < -0.4 is 10.1 Å². The molecule has 1 N–H and O–H groups in total. The SMILES string of the molecule is CNC(=O)[C@H](C)N(Cc1ccc(Cl)cc1)C(=O)COc1cc(C)ccc1C. The molecule has 0 spiro atoms. The van der Waals surface area contributed by atoms with Crippen LogP contribution in [0.5, 0.6) is 5.75 Å². The van der Waals surface area contributed by atoms with Gasteiger partial charge in [-0.1, -0.05) is 35.9 Å². The molecule has 0 saturated heterocycles. The van der Waals surface area contributed by atoms with Crippen LogP contribution in [0, 0.1) is 13.8 Å². The van der Waals surface area contributed by atoms with Crippen molar-refractivity contribution >= 4 is 23.4 Å². The first-order valence-corrected chi connectivity index (χ1v) is 9.15. The molecular weight excluding hydrogens is 364 g/mol. The third-order valence-electron chi connectivity index (χ3n) is 4.37. The maximum atomic E-state index is 12.8. The van der Waals surface area contributed by atoms with Crippen molar-refractivity contribution in [2.24, 2.45) is 0 Å². The maximum absolute atomic E-state index is 12.8. The number of hydrogen-bond donors (Lipinski definition) is 1. The largest absolute Gasteiger partial charge is 0.483 e. The number of carbonyl (C=O) groups excluding carboxylic acids is 2. The average molecular weight is 389 g/mol. The summed E-state index contributed by atoms with van der Waals surface area (Å²) in [4.78, 5) is 26.5. The molecule has 0 heterocycles. The van der Waals surface area contributed by atoms with Gasteiger partial charge < -0.3 is 15.0 Å². The van der Waals surface area contributed by atoms with E-state index in [0.29, 0.717) is 17.3 Å². The second-order valence-corrected chi connectivity index (χ2v) is 6.93. The number of amides is 2. The third kappa shape index (κ3) is 5.73. The van der Waals surface area contributed by atoms with E-state index in [1.807, 2.05) is 44.2 Å². The van der Waals surface area contributed by atoms with Gasteiger partial charge in [0.2, 0.25) is 5.91 Å². The van der Waals surface area contributed by atoms with E-state index < -0.39 is 6.04 Å². The van der Waals surface area contributed by atoms with E-state index in [2.05, 4.69) is 5.32 Å². The molecule has 0 aliphatic heterocycles. The van der Waals surface area contributed by atoms with Crippen LogP contribution in [0.3, 0.4) is 0 Å². The van der Waals surface area contributed by atoms with E-state index in [-0.39, 0.29) is 18.4 Å². The first-order valence-electron chi connectivity index (χ1n) is 8.77. The highest BCUT2D eigenvalue weighted by atomic mass is 35.5. The summed E-state index contributed by atoms with van der Waals surface area (Å²) < 4.78 is 5.74. The number of nitrogens with one attached hydrogen (secondary N) is 1. The van der Waals surface area contributed by atoms with E-state index in [0.717, 1.165) is 16.7 Å². The summed E-state index contributed by atoms with van der Waals surface area (Å²) in [5.74, 6) is 0.174. The second-order valence-electron chi connectivity index (χ2n) is 6.50. The zero-order valence-corrected chi connectivity index (χ0v) is 16.8. The summed E-state index contributed by atoms with van der Waals surface area (Å²) in [5, 5.41) is 3.21. The minimum Gasteiger partial charge on any atom is -0.483 e. The van der Waals surface area contributed by atoms with Gasteiger partial charge in [0.1, 0.15) is 11.8 Å². The molecule has 0 aliphatic rings. The Morgan fingerprint density at radius 2 is 1.81 bits per heavy atom. The summed E-state index contributed by atoms with van der Waals surface area (Å²) in [5.41, 5.74) is 2.90. The van der Waals surface area contributed by atoms with Crippen molar-refractivity contribution in [3.8, 4) is 5.75 Å². The second kappa shape index (κ2) is 9.42. The summed E-state index contributed by atoms with van der Waals surface area (Å²) >= 11 is 5.93. The van der Waals surface area contributed by atoms with Crippen LogP contribution in [0.15, 0.2) is 42.5 Å². The van der Waals surface area contributed by atoms with Gasteiger partial charge in [0.15, 0.2) is 6.61 Å². The molecule has 2 aromatic rings. The highest BCUT2D eigenvalue weighted by Gasteiger charge is 2.26. The molecule has 2 rings (SSSR count). The Morgan fingerprint density at radius 3 is 2.44 bits per heavy atom. The molecule has 0 unspecified atom stereocenters. The molecule has 0 saturated carbocycles. The molecule has 0 bridgehead atoms. The first-order chi connectivity index (χ1) is 12.8. The zero-order chi connectivity index (χ0) is 20.0. The number of hydrogen-bond acceptors (Lipinski definition) is 3. The van der Waals surface area contributed by atoms with Crippen LogP contribution in [0.2, 0.25) is 5.02 Å². The van der Waals surface area contributed by atoms with Crippen LogP contribution in [0.4, 0.5) is 0 Å². The van der Waals surface area contributed by atoms with Crippen LogP contribution in [0.1, 0.15) is 23.6 Å². The fraction of sp³-hybridized carbons (Fsp3) is 0.333. The lowest BCUT2D eigenvalue weighted by molar-refractivity contribution is -0.142. The predicted molar refractivity (Wildman–Crippen MR) is 107 cm³/mol. The molecule has 6 heteroatoms. The van der Waals surface area contributed by atoms with Crippen molar-refractivity contribution in [2.45, 2.75) is 33.4 Å². The van der Waals surface area contributed by atoms with Gasteiger partial charge in [-0.05, 0) is 55.7 Å². The van der Waals surface area contributed by atoms with Crippen LogP contribution in [0.25, 0.3) is 0 Å². The van der Waals surface area contributed by atoms with Crippen molar-refractivity contribution in [3.05, 3.63) is 64.2 Å². The Kier molecular flexibility index (Phi) is 7.25. The highest BCUT2D eigenvalue weighted by molar-refractivity contribution is 6.30. The van der Waals surface area contributed by atoms with Gasteiger partial charge in [0, 0.05) is 18.6 Å². The number of carbonyl (C=O) groups is 2. The molecule has 0 fully saturated rings. The summed E-state index contributed by atoms with van der Waals surface area (Å²) in [7, 11) is 1.55. The number of benzene rings is 2. The molecule has 0 radical (unpaired) electrons. The maximum Gasteiger partial charge on any atom is 0.261 e. The first kappa shape index (κ1) is 20.8. The molecule has 144 valence electrons. The Morgan fingerprint density at radius 1 is 1.15 bits per heavy atom. The Bertz CT molecular complexity index is 806. The van der Waals surface area contributed by atoms with Crippen molar-refractivity contribution < 1.29 is 14.3 Å². The lowest BCUT2D eigenvalue weighted by Gasteiger charge is -2.28. The third-order valence-corrected chi connectivity index (χ3v) is 4.63. The fourth-order valence-electron chi connectivity index (χ4n) is 2.66. The van der Waals surface area contributed by atoms with Crippen LogP contribution >= 0.6 is 11.6 Å². The Hall–Kier alpha value is -2.53. The van der Waals surface area contributed by atoms with E-state index in [4.69, 9.17) is 16.3 Å². The van der Waals surface area contributed by atoms with Gasteiger partial charge >= 0.3 is 0 Å². The Labute approximate surface area is 165 Å². The van der Waals surface area contributed by atoms with E-state index in [1.165, 1.54) is 4.90 Å². The van der Waals surface area contributed by atoms with Gasteiger partial charge in [-0.3, -0.25) is 9.59 Å². The number of ether oxygens (including phenoxy) is 1. The van der Waals surface area contributed by atoms with Crippen LogP contribution in [-0.2, 0) is 16.1 Å². The van der Waals surface area contributed by atoms with Crippen molar-refractivity contribution in [1.82, 2.24) is 10.2 Å². The molecular formula is C21H25ClN2O3. The van der Waals surface area contributed by atoms with Gasteiger partial charge in [0.25, 0.3) is 5.91 Å². The monoisotopic (exact) mass is 388 g/mol. The fourth-order valence-corrected chi connectivity index (χ4v) is 2.79. The average Bonchev–Trinajstić information content (AvgIpc) is 2.66. The number of rotatable bonds is 7. The molecule has 0 aromatic heterocycles. The number of halogens is 1. The smallest absolute Gasteiger partial charge is 0.261 e. The van der Waals surface area contributed by atoms with Gasteiger partial charge in [0.05, 0.1) is 0 Å². The van der Waals surface area contributed by atoms with E-state index in [9.17, 15) is 9.59 Å². The molecule has 0 aliphatic carbocycles. The normalized spacial score (nSPS) is 11.6. The van der Waals surface area contributed by atoms with Crippen molar-refractivity contribution in [3.63, 3.8) is 0 Å². The molecule has 2 aromatic carbocycles. The molecule has 27 heavy (non-hydrogen) atoms. The van der Waals surface area contributed by atoms with Gasteiger partial charge in [-0.2, -0.15) is 0 Å². The van der Waals surface area contributed by atoms with Gasteiger partial charge in [-0.25, -0.2) is 0 Å². The predicted octanol–water partition coefficient (Wildman–Crippen LogP) is 3.50. The highest BCUT2D eigenvalue weighted by Crippen LogP contribution is 2.20. The van der Waals surface area contributed by atoms with Crippen molar-refractivity contribution in [1.29, 1.82) is 0 Å². The molecule has 2 amide bonds.